The third-order valence-electron chi connectivity index (χ3n) is 3.95. The average Bonchev–Trinajstić information content (AvgIpc) is 2.90. The van der Waals surface area contributed by atoms with Crippen LogP contribution in [-0.2, 0) is 5.60 Å². The minimum absolute atomic E-state index is 0.134. The summed E-state index contributed by atoms with van der Waals surface area (Å²) in [4.78, 5) is 10.0. The molecule has 22 heavy (non-hydrogen) atoms. The molecule has 1 aliphatic rings. The van der Waals surface area contributed by atoms with Gasteiger partial charge in [-0.2, -0.15) is 9.97 Å². The number of nitrogens with zero attached hydrogens (tertiary/aromatic N) is 3. The van der Waals surface area contributed by atoms with Crippen molar-refractivity contribution in [2.75, 3.05) is 36.6 Å². The molecule has 1 saturated heterocycles. The van der Waals surface area contributed by atoms with Gasteiger partial charge in [0.2, 0.25) is 5.95 Å². The number of anilines is 3. The number of hydrogen-bond donors (Lipinski definition) is 3. The molecular formula is C15H19N5O2. The van der Waals surface area contributed by atoms with Crippen LogP contribution in [-0.4, -0.2) is 35.3 Å². The van der Waals surface area contributed by atoms with Crippen molar-refractivity contribution in [3.05, 3.63) is 35.9 Å². The molecule has 0 bridgehead atoms. The Hall–Kier alpha value is -2.54. The zero-order valence-corrected chi connectivity index (χ0v) is 12.4. The molecule has 0 spiro atoms. The first kappa shape index (κ1) is 14.4. The highest BCUT2D eigenvalue weighted by molar-refractivity contribution is 5.52. The summed E-state index contributed by atoms with van der Waals surface area (Å²) in [6, 6.07) is 9.11. The minimum atomic E-state index is -0.930. The quantitative estimate of drug-likeness (QED) is 0.767. The number of nitrogen functional groups attached to an aromatic ring is 2. The van der Waals surface area contributed by atoms with Gasteiger partial charge < -0.3 is 26.2 Å². The normalized spacial score (nSPS) is 21.1. The highest BCUT2D eigenvalue weighted by atomic mass is 16.5. The number of methoxy groups -OCH3 is 1. The molecule has 0 saturated carbocycles. The summed E-state index contributed by atoms with van der Waals surface area (Å²) in [6.45, 7) is 1.09. The number of aromatic nitrogens is 2. The van der Waals surface area contributed by atoms with E-state index in [1.54, 1.807) is 13.2 Å². The van der Waals surface area contributed by atoms with E-state index in [1.165, 1.54) is 0 Å². The van der Waals surface area contributed by atoms with E-state index < -0.39 is 5.60 Å². The lowest BCUT2D eigenvalue weighted by molar-refractivity contribution is 0.0606. The summed E-state index contributed by atoms with van der Waals surface area (Å²) in [5.74, 6) is 1.85. The van der Waals surface area contributed by atoms with Gasteiger partial charge in [0.05, 0.1) is 13.7 Å². The van der Waals surface area contributed by atoms with Crippen LogP contribution in [0.3, 0.4) is 0 Å². The fourth-order valence-corrected chi connectivity index (χ4v) is 2.76. The number of benzene rings is 1. The predicted molar refractivity (Wildman–Crippen MR) is 84.6 cm³/mol. The lowest BCUT2D eigenvalue weighted by Gasteiger charge is -2.24. The van der Waals surface area contributed by atoms with Crippen molar-refractivity contribution in [2.24, 2.45) is 0 Å². The van der Waals surface area contributed by atoms with Crippen molar-refractivity contribution < 1.29 is 9.84 Å². The van der Waals surface area contributed by atoms with Crippen LogP contribution in [0, 0.1) is 0 Å². The fourth-order valence-electron chi connectivity index (χ4n) is 2.76. The van der Waals surface area contributed by atoms with Crippen LogP contribution >= 0.6 is 0 Å². The van der Waals surface area contributed by atoms with Crippen molar-refractivity contribution in [3.63, 3.8) is 0 Å². The Morgan fingerprint density at radius 1 is 1.23 bits per heavy atom. The Balaban J connectivity index is 1.83. The van der Waals surface area contributed by atoms with E-state index in [9.17, 15) is 5.11 Å². The molecule has 0 radical (unpaired) electrons. The molecule has 7 heteroatoms. The maximum atomic E-state index is 10.9. The number of nitrogens with two attached hydrogens (primary N) is 2. The second-order valence-corrected chi connectivity index (χ2v) is 5.44. The molecule has 116 valence electrons. The number of β-amino-alcohol motifs (C(OH)–C–C–N with tert-alkyl or cyclic N) is 1. The van der Waals surface area contributed by atoms with Crippen molar-refractivity contribution in [1.82, 2.24) is 9.97 Å². The second-order valence-electron chi connectivity index (χ2n) is 5.44. The van der Waals surface area contributed by atoms with E-state index in [0.29, 0.717) is 31.1 Å². The summed E-state index contributed by atoms with van der Waals surface area (Å²) in [6.07, 6.45) is 0.600. The van der Waals surface area contributed by atoms with Gasteiger partial charge in [-0.15, -0.1) is 0 Å². The van der Waals surface area contributed by atoms with E-state index >= 15 is 0 Å². The molecule has 1 unspecified atom stereocenters. The Morgan fingerprint density at radius 2 is 1.95 bits per heavy atom. The molecule has 0 amide bonds. The molecular weight excluding hydrogens is 282 g/mol. The van der Waals surface area contributed by atoms with Crippen LogP contribution in [0.5, 0.6) is 5.75 Å². The van der Waals surface area contributed by atoms with Crippen LogP contribution in [0.25, 0.3) is 0 Å². The van der Waals surface area contributed by atoms with Gasteiger partial charge in [0.25, 0.3) is 0 Å². The number of ether oxygens (including phenoxy) is 1. The van der Waals surface area contributed by atoms with E-state index in [0.717, 1.165) is 11.3 Å². The molecule has 1 aliphatic heterocycles. The Kier molecular flexibility index (Phi) is 3.50. The predicted octanol–water partition coefficient (Wildman–Crippen LogP) is 0.747. The van der Waals surface area contributed by atoms with Crippen LogP contribution in [0.15, 0.2) is 30.3 Å². The molecule has 1 atom stereocenters. The summed E-state index contributed by atoms with van der Waals surface area (Å²) >= 11 is 0. The highest BCUT2D eigenvalue weighted by Crippen LogP contribution is 2.35. The molecule has 3 rings (SSSR count). The number of rotatable bonds is 3. The average molecular weight is 301 g/mol. The Bertz CT molecular complexity index is 656. The van der Waals surface area contributed by atoms with Crippen molar-refractivity contribution in [3.8, 4) is 5.75 Å². The van der Waals surface area contributed by atoms with Crippen LogP contribution in [0.4, 0.5) is 17.6 Å². The highest BCUT2D eigenvalue weighted by Gasteiger charge is 2.38. The zero-order valence-electron chi connectivity index (χ0n) is 12.4. The van der Waals surface area contributed by atoms with Gasteiger partial charge in [0, 0.05) is 12.6 Å². The maximum Gasteiger partial charge on any atom is 0.223 e. The van der Waals surface area contributed by atoms with Crippen LogP contribution in [0.1, 0.15) is 12.0 Å². The number of hydrogen-bond acceptors (Lipinski definition) is 7. The smallest absolute Gasteiger partial charge is 0.223 e. The van der Waals surface area contributed by atoms with Crippen molar-refractivity contribution >= 4 is 17.6 Å². The summed E-state index contributed by atoms with van der Waals surface area (Å²) < 4.78 is 5.14. The van der Waals surface area contributed by atoms with Crippen molar-refractivity contribution in [1.29, 1.82) is 0 Å². The molecule has 2 heterocycles. The lowest BCUT2D eigenvalue weighted by Crippen LogP contribution is -2.31. The Labute approximate surface area is 128 Å². The molecule has 1 aromatic heterocycles. The van der Waals surface area contributed by atoms with E-state index in [2.05, 4.69) is 9.97 Å². The molecule has 1 fully saturated rings. The topological polar surface area (TPSA) is 111 Å². The second kappa shape index (κ2) is 5.34. The van der Waals surface area contributed by atoms with Crippen LogP contribution < -0.4 is 21.1 Å². The van der Waals surface area contributed by atoms with Gasteiger partial charge in [-0.25, -0.2) is 0 Å². The van der Waals surface area contributed by atoms with Gasteiger partial charge in [0.15, 0.2) is 0 Å². The molecule has 0 aliphatic carbocycles. The van der Waals surface area contributed by atoms with Gasteiger partial charge in [0.1, 0.15) is 23.0 Å². The molecule has 7 nitrogen and oxygen atoms in total. The first-order chi connectivity index (χ1) is 10.5. The monoisotopic (exact) mass is 301 g/mol. The third-order valence-corrected chi connectivity index (χ3v) is 3.95. The van der Waals surface area contributed by atoms with Gasteiger partial charge in [-0.05, 0) is 24.1 Å². The van der Waals surface area contributed by atoms with Gasteiger partial charge in [-0.3, -0.25) is 0 Å². The Morgan fingerprint density at radius 3 is 2.59 bits per heavy atom. The van der Waals surface area contributed by atoms with Crippen molar-refractivity contribution in [2.45, 2.75) is 12.0 Å². The first-order valence-corrected chi connectivity index (χ1v) is 7.02. The third kappa shape index (κ3) is 2.62. The molecule has 1 aromatic carbocycles. The summed E-state index contributed by atoms with van der Waals surface area (Å²) in [5, 5.41) is 10.9. The zero-order chi connectivity index (χ0) is 15.7. The molecule has 2 aromatic rings. The van der Waals surface area contributed by atoms with E-state index in [1.807, 2.05) is 29.2 Å². The van der Waals surface area contributed by atoms with E-state index in [-0.39, 0.29) is 5.95 Å². The summed E-state index contributed by atoms with van der Waals surface area (Å²) in [5.41, 5.74) is 11.3. The first-order valence-electron chi connectivity index (χ1n) is 7.02. The fraction of sp³-hybridized carbons (Fsp3) is 0.333. The van der Waals surface area contributed by atoms with E-state index in [4.69, 9.17) is 16.2 Å². The molecule has 5 N–H and O–H groups in total. The lowest BCUT2D eigenvalue weighted by atomic mass is 9.93. The van der Waals surface area contributed by atoms with Gasteiger partial charge >= 0.3 is 0 Å². The maximum absolute atomic E-state index is 10.9. The largest absolute Gasteiger partial charge is 0.497 e. The van der Waals surface area contributed by atoms with Crippen LogP contribution in [0.2, 0.25) is 0 Å². The summed E-state index contributed by atoms with van der Waals surface area (Å²) in [7, 11) is 1.62. The number of aliphatic hydroxyl groups is 1. The SMILES string of the molecule is COc1ccc(C2(O)CCN(c3cc(N)nc(N)n3)C2)cc1. The minimum Gasteiger partial charge on any atom is -0.497 e. The standard InChI is InChI=1S/C15H19N5O2/c1-22-11-4-2-10(3-5-11)15(21)6-7-20(9-15)13-8-12(16)18-14(17)19-13/h2-5,8,21H,6-7,9H2,1H3,(H4,16,17,18,19). The van der Waals surface area contributed by atoms with Gasteiger partial charge in [-0.1, -0.05) is 12.1 Å².